The van der Waals surface area contributed by atoms with Crippen LogP contribution in [0.3, 0.4) is 0 Å². The molecule has 1 atom stereocenters. The normalized spacial score (nSPS) is 17.7. The summed E-state index contributed by atoms with van der Waals surface area (Å²) in [5.74, 6) is 1.18. The summed E-state index contributed by atoms with van der Waals surface area (Å²) in [6, 6.07) is 6.22. The van der Waals surface area contributed by atoms with Crippen molar-refractivity contribution in [1.29, 1.82) is 0 Å². The summed E-state index contributed by atoms with van der Waals surface area (Å²) in [5, 5.41) is 9.81. The highest BCUT2D eigenvalue weighted by atomic mass is 16.5. The molecule has 0 radical (unpaired) electrons. The fourth-order valence-corrected chi connectivity index (χ4v) is 3.55. The minimum atomic E-state index is -0.499. The molecule has 2 heterocycles. The smallest absolute Gasteiger partial charge is 0.324 e. The van der Waals surface area contributed by atoms with E-state index in [0.29, 0.717) is 28.7 Å². The van der Waals surface area contributed by atoms with Crippen LogP contribution < -0.4 is 20.1 Å². The minimum Gasteiger partial charge on any atom is -0.497 e. The molecule has 10 nitrogen and oxygen atoms in total. The van der Waals surface area contributed by atoms with Crippen molar-refractivity contribution in [1.82, 2.24) is 9.78 Å². The van der Waals surface area contributed by atoms with Crippen LogP contribution in [0.5, 0.6) is 11.5 Å². The second-order valence-corrected chi connectivity index (χ2v) is 7.06. The number of aryl methyl sites for hydroxylation is 1. The predicted octanol–water partition coefficient (Wildman–Crippen LogP) is 2.84. The quantitative estimate of drug-likeness (QED) is 0.803. The number of carbonyl (C=O) groups excluding carboxylic acids is 2. The van der Waals surface area contributed by atoms with Crippen LogP contribution in [0.15, 0.2) is 34.3 Å². The van der Waals surface area contributed by atoms with Crippen molar-refractivity contribution in [3.05, 3.63) is 30.0 Å². The number of anilines is 2. The van der Waals surface area contributed by atoms with Crippen molar-refractivity contribution in [2.75, 3.05) is 24.9 Å². The Labute approximate surface area is 173 Å². The Kier molecular flexibility index (Phi) is 5.21. The number of carbonyl (C=O) groups is 2. The van der Waals surface area contributed by atoms with Crippen LogP contribution in [0.4, 0.5) is 16.3 Å². The molecule has 4 rings (SSSR count). The van der Waals surface area contributed by atoms with Crippen LogP contribution in [-0.4, -0.2) is 47.6 Å². The zero-order chi connectivity index (χ0) is 21.3. The number of nitrogens with zero attached hydrogens (tertiary/aromatic N) is 4. The van der Waals surface area contributed by atoms with Crippen molar-refractivity contribution in [2.24, 2.45) is 15.9 Å². The van der Waals surface area contributed by atoms with E-state index in [1.165, 1.54) is 18.9 Å². The highest BCUT2D eigenvalue weighted by Gasteiger charge is 2.33. The molecule has 1 aromatic heterocycles. The molecule has 1 unspecified atom stereocenters. The number of nitrogens with one attached hydrogen (secondary N) is 2. The van der Waals surface area contributed by atoms with Gasteiger partial charge in [-0.05, 0) is 26.2 Å². The summed E-state index contributed by atoms with van der Waals surface area (Å²) in [6.07, 6.45) is 2.48. The fourth-order valence-electron chi connectivity index (χ4n) is 3.55. The zero-order valence-electron chi connectivity index (χ0n) is 16.9. The van der Waals surface area contributed by atoms with Gasteiger partial charge in [0.2, 0.25) is 0 Å². The SMILES string of the molecule is COc1cc(NC(=O)Nc2cc(C)nn2C2=NC(=O)C3CCCC3=N2)cc(OC)c1. The molecule has 2 N–H and O–H groups in total. The van der Waals surface area contributed by atoms with Crippen LogP contribution in [0, 0.1) is 12.8 Å². The first-order valence-electron chi connectivity index (χ1n) is 9.55. The van der Waals surface area contributed by atoms with Gasteiger partial charge in [-0.3, -0.25) is 10.1 Å². The van der Waals surface area contributed by atoms with E-state index in [-0.39, 0.29) is 17.8 Å². The minimum absolute atomic E-state index is 0.166. The van der Waals surface area contributed by atoms with E-state index in [9.17, 15) is 9.59 Å². The number of hydrogen-bond acceptors (Lipinski definition) is 6. The van der Waals surface area contributed by atoms with Gasteiger partial charge < -0.3 is 14.8 Å². The van der Waals surface area contributed by atoms with Crippen molar-refractivity contribution >= 4 is 35.1 Å². The Balaban J connectivity index is 1.55. The molecular weight excluding hydrogens is 388 g/mol. The highest BCUT2D eigenvalue weighted by Crippen LogP contribution is 2.28. The van der Waals surface area contributed by atoms with Gasteiger partial charge in [-0.25, -0.2) is 9.79 Å². The average Bonchev–Trinajstić information content (AvgIpc) is 3.34. The lowest BCUT2D eigenvalue weighted by Gasteiger charge is -2.15. The summed E-state index contributed by atoms with van der Waals surface area (Å²) in [6.45, 7) is 1.78. The van der Waals surface area contributed by atoms with Crippen LogP contribution in [0.1, 0.15) is 25.0 Å². The maximum Gasteiger partial charge on any atom is 0.324 e. The van der Waals surface area contributed by atoms with E-state index >= 15 is 0 Å². The molecule has 0 spiro atoms. The van der Waals surface area contributed by atoms with E-state index in [0.717, 1.165) is 25.0 Å². The molecule has 0 saturated heterocycles. The molecule has 1 aliphatic carbocycles. The Morgan fingerprint density at radius 1 is 1.10 bits per heavy atom. The first kappa shape index (κ1) is 19.6. The van der Waals surface area contributed by atoms with Crippen LogP contribution >= 0.6 is 0 Å². The maximum absolute atomic E-state index is 12.6. The Bertz CT molecular complexity index is 1050. The predicted molar refractivity (Wildman–Crippen MR) is 112 cm³/mol. The molecule has 3 amide bonds. The summed E-state index contributed by atoms with van der Waals surface area (Å²) in [7, 11) is 3.06. The number of aliphatic imine (C=N–C) groups is 2. The van der Waals surface area contributed by atoms with Gasteiger partial charge in [0.1, 0.15) is 17.3 Å². The van der Waals surface area contributed by atoms with Gasteiger partial charge in [0, 0.05) is 35.7 Å². The van der Waals surface area contributed by atoms with E-state index < -0.39 is 6.03 Å². The topological polar surface area (TPSA) is 119 Å². The van der Waals surface area contributed by atoms with Crippen molar-refractivity contribution in [2.45, 2.75) is 26.2 Å². The van der Waals surface area contributed by atoms with Gasteiger partial charge >= 0.3 is 6.03 Å². The largest absolute Gasteiger partial charge is 0.497 e. The number of hydrogen-bond donors (Lipinski definition) is 2. The lowest BCUT2D eigenvalue weighted by Crippen LogP contribution is -2.29. The second kappa shape index (κ2) is 7.97. The molecule has 1 saturated carbocycles. The third-order valence-electron chi connectivity index (χ3n) is 4.95. The first-order chi connectivity index (χ1) is 14.5. The molecule has 2 aromatic rings. The number of benzene rings is 1. The molecule has 1 aliphatic heterocycles. The van der Waals surface area contributed by atoms with Gasteiger partial charge in [0.15, 0.2) is 0 Å². The molecule has 1 fully saturated rings. The number of amides is 3. The van der Waals surface area contributed by atoms with Crippen molar-refractivity contribution in [3.8, 4) is 11.5 Å². The van der Waals surface area contributed by atoms with Gasteiger partial charge in [-0.1, -0.05) is 0 Å². The van der Waals surface area contributed by atoms with Crippen molar-refractivity contribution in [3.63, 3.8) is 0 Å². The van der Waals surface area contributed by atoms with E-state index in [4.69, 9.17) is 9.47 Å². The summed E-state index contributed by atoms with van der Waals surface area (Å²) in [5.41, 5.74) is 1.97. The van der Waals surface area contributed by atoms with Gasteiger partial charge in [-0.2, -0.15) is 14.8 Å². The van der Waals surface area contributed by atoms with Crippen LogP contribution in [0.25, 0.3) is 0 Å². The average molecular weight is 410 g/mol. The maximum atomic E-state index is 12.6. The van der Waals surface area contributed by atoms with Gasteiger partial charge in [-0.15, -0.1) is 0 Å². The molecule has 10 heteroatoms. The van der Waals surface area contributed by atoms with Crippen LogP contribution in [0.2, 0.25) is 0 Å². The van der Waals surface area contributed by atoms with E-state index in [1.54, 1.807) is 31.2 Å². The number of urea groups is 1. The monoisotopic (exact) mass is 410 g/mol. The van der Waals surface area contributed by atoms with Gasteiger partial charge in [0.25, 0.3) is 11.9 Å². The highest BCUT2D eigenvalue weighted by molar-refractivity contribution is 6.17. The van der Waals surface area contributed by atoms with E-state index in [2.05, 4.69) is 25.7 Å². The number of methoxy groups -OCH3 is 2. The first-order valence-corrected chi connectivity index (χ1v) is 9.55. The standard InChI is InChI=1S/C20H22N6O4/c1-11-7-17(23-20(28)21-12-8-13(29-2)10-14(9-12)30-3)26(25-11)19-22-16-6-4-5-15(16)18(27)24-19/h7-10,15H,4-6H2,1-3H3,(H2,21,23,28). The molecular formula is C20H22N6O4. The Morgan fingerprint density at radius 3 is 2.53 bits per heavy atom. The summed E-state index contributed by atoms with van der Waals surface area (Å²) >= 11 is 0. The van der Waals surface area contributed by atoms with Gasteiger partial charge in [0.05, 0.1) is 25.8 Å². The second-order valence-electron chi connectivity index (χ2n) is 7.06. The number of ether oxygens (including phenoxy) is 2. The Morgan fingerprint density at radius 2 is 1.83 bits per heavy atom. The van der Waals surface area contributed by atoms with Crippen LogP contribution in [-0.2, 0) is 4.79 Å². The summed E-state index contributed by atoms with van der Waals surface area (Å²) < 4.78 is 11.8. The molecule has 30 heavy (non-hydrogen) atoms. The third-order valence-corrected chi connectivity index (χ3v) is 4.95. The zero-order valence-corrected chi connectivity index (χ0v) is 16.9. The molecule has 156 valence electrons. The number of rotatable bonds is 4. The lowest BCUT2D eigenvalue weighted by atomic mass is 10.1. The molecule has 0 bridgehead atoms. The fraction of sp³-hybridized carbons (Fsp3) is 0.350. The van der Waals surface area contributed by atoms with E-state index in [1.807, 2.05) is 0 Å². The third kappa shape index (κ3) is 3.88. The Hall–Kier alpha value is -3.69. The summed E-state index contributed by atoms with van der Waals surface area (Å²) in [4.78, 5) is 33.5. The van der Waals surface area contributed by atoms with Crippen molar-refractivity contribution < 1.29 is 19.1 Å². The molecule has 2 aliphatic rings. The lowest BCUT2D eigenvalue weighted by molar-refractivity contribution is -0.119. The number of aromatic nitrogens is 2. The molecule has 1 aromatic carbocycles. The number of fused-ring (bicyclic) bond motifs is 1.